The topological polar surface area (TPSA) is 86.8 Å². The zero-order valence-electron chi connectivity index (χ0n) is 23.4. The highest BCUT2D eigenvalue weighted by Crippen LogP contribution is 2.29. The highest BCUT2D eigenvalue weighted by molar-refractivity contribution is 7.92. The molecule has 2 aromatic rings. The van der Waals surface area contributed by atoms with Gasteiger partial charge < -0.3 is 10.2 Å². The lowest BCUT2D eigenvalue weighted by Gasteiger charge is -2.34. The lowest BCUT2D eigenvalue weighted by atomic mass is 9.95. The number of rotatable bonds is 11. The fourth-order valence-corrected chi connectivity index (χ4v) is 6.02. The smallest absolute Gasteiger partial charge is 0.244 e. The summed E-state index contributed by atoms with van der Waals surface area (Å²) < 4.78 is 27.1. The first-order valence-corrected chi connectivity index (χ1v) is 15.6. The summed E-state index contributed by atoms with van der Waals surface area (Å²) in [7, 11) is -3.77. The fourth-order valence-electron chi connectivity index (χ4n) is 5.15. The van der Waals surface area contributed by atoms with Gasteiger partial charge in [0.2, 0.25) is 21.8 Å². The minimum atomic E-state index is -3.77. The highest BCUT2D eigenvalue weighted by Gasteiger charge is 2.33. The Kier molecular flexibility index (Phi) is 10.4. The third-order valence-corrected chi connectivity index (χ3v) is 8.44. The Morgan fingerprint density at radius 2 is 1.63 bits per heavy atom. The Hall–Kier alpha value is -2.87. The van der Waals surface area contributed by atoms with Crippen molar-refractivity contribution in [2.24, 2.45) is 0 Å². The van der Waals surface area contributed by atoms with Gasteiger partial charge in [-0.15, -0.1) is 0 Å². The predicted molar refractivity (Wildman–Crippen MR) is 154 cm³/mol. The third-order valence-electron chi connectivity index (χ3n) is 7.32. The van der Waals surface area contributed by atoms with Crippen LogP contribution in [0.15, 0.2) is 48.5 Å². The van der Waals surface area contributed by atoms with Crippen molar-refractivity contribution in [2.75, 3.05) is 17.1 Å². The molecule has 0 saturated heterocycles. The summed E-state index contributed by atoms with van der Waals surface area (Å²) in [5.41, 5.74) is 3.33. The van der Waals surface area contributed by atoms with E-state index < -0.39 is 22.0 Å². The molecule has 0 aliphatic heterocycles. The van der Waals surface area contributed by atoms with E-state index in [4.69, 9.17) is 0 Å². The Balaban J connectivity index is 1.95. The summed E-state index contributed by atoms with van der Waals surface area (Å²) in [6.07, 6.45) is 6.80. The van der Waals surface area contributed by atoms with Gasteiger partial charge in [0.15, 0.2) is 0 Å². The van der Waals surface area contributed by atoms with Crippen LogP contribution in [-0.4, -0.2) is 50.0 Å². The second-order valence-corrected chi connectivity index (χ2v) is 12.7. The summed E-state index contributed by atoms with van der Waals surface area (Å²) in [4.78, 5) is 29.0. The van der Waals surface area contributed by atoms with Gasteiger partial charge in [-0.3, -0.25) is 13.9 Å². The van der Waals surface area contributed by atoms with Crippen LogP contribution >= 0.6 is 0 Å². The van der Waals surface area contributed by atoms with Crippen LogP contribution < -0.4 is 9.62 Å². The third kappa shape index (κ3) is 7.82. The maximum absolute atomic E-state index is 14.0. The quantitative estimate of drug-likeness (QED) is 0.427. The first-order valence-electron chi connectivity index (χ1n) is 13.7. The number of anilines is 1. The molecule has 2 amide bonds. The standard InChI is InChI=1S/C30H43N3O4S/c1-6-27(30(35)31-25-12-8-7-9-13-25)32(20-24-18-16-23(4)17-19-24)29(34)21-33(38(5,36)37)28-15-11-10-14-26(28)22(2)3/h10-11,14-19,22,25,27H,6-9,12-13,20-21H2,1-5H3,(H,31,35). The van der Waals surface area contributed by atoms with Crippen molar-refractivity contribution >= 4 is 27.5 Å². The number of carbonyl (C=O) groups is 2. The molecule has 208 valence electrons. The number of aryl methyl sites for hydroxylation is 1. The van der Waals surface area contributed by atoms with E-state index in [1.807, 2.05) is 64.1 Å². The number of nitrogens with one attached hydrogen (secondary N) is 1. The number of nitrogens with zero attached hydrogens (tertiary/aromatic N) is 2. The van der Waals surface area contributed by atoms with Crippen LogP contribution in [-0.2, 0) is 26.2 Å². The Morgan fingerprint density at radius 1 is 1.00 bits per heavy atom. The van der Waals surface area contributed by atoms with E-state index in [2.05, 4.69) is 5.32 Å². The molecule has 0 radical (unpaired) electrons. The molecule has 0 bridgehead atoms. The minimum absolute atomic E-state index is 0.0684. The average molecular weight is 542 g/mol. The van der Waals surface area contributed by atoms with Crippen molar-refractivity contribution < 1.29 is 18.0 Å². The fraction of sp³-hybridized carbons (Fsp3) is 0.533. The molecular weight excluding hydrogens is 498 g/mol. The van der Waals surface area contributed by atoms with E-state index in [0.29, 0.717) is 12.1 Å². The Labute approximate surface area is 228 Å². The second-order valence-electron chi connectivity index (χ2n) is 10.8. The van der Waals surface area contributed by atoms with Crippen LogP contribution in [0.2, 0.25) is 0 Å². The largest absolute Gasteiger partial charge is 0.352 e. The van der Waals surface area contributed by atoms with Crippen LogP contribution in [0.3, 0.4) is 0 Å². The molecule has 3 rings (SSSR count). The van der Waals surface area contributed by atoms with Crippen molar-refractivity contribution in [1.82, 2.24) is 10.2 Å². The van der Waals surface area contributed by atoms with Crippen LogP contribution in [0.4, 0.5) is 5.69 Å². The van der Waals surface area contributed by atoms with Crippen molar-refractivity contribution in [3.63, 3.8) is 0 Å². The predicted octanol–water partition coefficient (Wildman–Crippen LogP) is 5.14. The maximum atomic E-state index is 14.0. The molecule has 0 spiro atoms. The van der Waals surface area contributed by atoms with Crippen LogP contribution in [0.1, 0.15) is 81.9 Å². The Bertz CT molecular complexity index is 1190. The van der Waals surface area contributed by atoms with Gasteiger partial charge in [-0.1, -0.05) is 88.1 Å². The van der Waals surface area contributed by atoms with Crippen LogP contribution in [0.5, 0.6) is 0 Å². The molecule has 38 heavy (non-hydrogen) atoms. The zero-order valence-corrected chi connectivity index (χ0v) is 24.3. The van der Waals surface area contributed by atoms with Gasteiger partial charge in [-0.2, -0.15) is 0 Å². The summed E-state index contributed by atoms with van der Waals surface area (Å²) in [6.45, 7) is 7.72. The van der Waals surface area contributed by atoms with E-state index in [0.717, 1.165) is 48.6 Å². The van der Waals surface area contributed by atoms with Crippen LogP contribution in [0.25, 0.3) is 0 Å². The number of benzene rings is 2. The normalized spacial score (nSPS) is 15.2. The molecule has 0 aromatic heterocycles. The molecule has 7 nitrogen and oxygen atoms in total. The van der Waals surface area contributed by atoms with Gasteiger partial charge >= 0.3 is 0 Å². The zero-order chi connectivity index (χ0) is 27.9. The minimum Gasteiger partial charge on any atom is -0.352 e. The summed E-state index contributed by atoms with van der Waals surface area (Å²) in [6, 6.07) is 14.5. The second kappa shape index (κ2) is 13.3. The Morgan fingerprint density at radius 3 is 2.21 bits per heavy atom. The number of amides is 2. The van der Waals surface area contributed by atoms with Crippen molar-refractivity contribution in [3.8, 4) is 0 Å². The molecule has 1 fully saturated rings. The number of hydrogen-bond acceptors (Lipinski definition) is 4. The molecule has 1 saturated carbocycles. The molecule has 1 unspecified atom stereocenters. The molecule has 1 aliphatic rings. The van der Waals surface area contributed by atoms with E-state index in [9.17, 15) is 18.0 Å². The SMILES string of the molecule is CCC(C(=O)NC1CCCCC1)N(Cc1ccc(C)cc1)C(=O)CN(c1ccccc1C(C)C)S(C)(=O)=O. The van der Waals surface area contributed by atoms with Gasteiger partial charge in [0, 0.05) is 12.6 Å². The van der Waals surface area contributed by atoms with E-state index in [1.54, 1.807) is 17.0 Å². The van der Waals surface area contributed by atoms with E-state index in [-0.39, 0.29) is 31.0 Å². The lowest BCUT2D eigenvalue weighted by molar-refractivity contribution is -0.140. The molecular formula is C30H43N3O4S. The number of sulfonamides is 1. The van der Waals surface area contributed by atoms with Crippen LogP contribution in [0, 0.1) is 6.92 Å². The van der Waals surface area contributed by atoms with Crippen molar-refractivity contribution in [1.29, 1.82) is 0 Å². The lowest BCUT2D eigenvalue weighted by Crippen LogP contribution is -2.54. The summed E-state index contributed by atoms with van der Waals surface area (Å²) in [5, 5.41) is 3.17. The van der Waals surface area contributed by atoms with Gasteiger partial charge in [0.1, 0.15) is 12.6 Å². The molecule has 8 heteroatoms. The number of para-hydroxylation sites is 1. The summed E-state index contributed by atoms with van der Waals surface area (Å²) in [5.74, 6) is -0.507. The van der Waals surface area contributed by atoms with E-state index in [1.165, 1.54) is 10.7 Å². The summed E-state index contributed by atoms with van der Waals surface area (Å²) >= 11 is 0. The van der Waals surface area contributed by atoms with E-state index >= 15 is 0 Å². The van der Waals surface area contributed by atoms with Gasteiger partial charge in [-0.25, -0.2) is 8.42 Å². The molecule has 2 aromatic carbocycles. The molecule has 1 atom stereocenters. The monoisotopic (exact) mass is 541 g/mol. The first kappa shape index (κ1) is 29.7. The van der Waals surface area contributed by atoms with Crippen molar-refractivity contribution in [2.45, 2.75) is 90.8 Å². The van der Waals surface area contributed by atoms with Gasteiger partial charge in [-0.05, 0) is 49.3 Å². The number of hydrogen-bond donors (Lipinski definition) is 1. The highest BCUT2D eigenvalue weighted by atomic mass is 32.2. The van der Waals surface area contributed by atoms with Crippen molar-refractivity contribution in [3.05, 3.63) is 65.2 Å². The van der Waals surface area contributed by atoms with Gasteiger partial charge in [0.05, 0.1) is 11.9 Å². The molecule has 1 N–H and O–H groups in total. The maximum Gasteiger partial charge on any atom is 0.244 e. The molecule has 0 heterocycles. The van der Waals surface area contributed by atoms with Gasteiger partial charge in [0.25, 0.3) is 0 Å². The first-order chi connectivity index (χ1) is 18.0. The number of carbonyl (C=O) groups excluding carboxylic acids is 2. The average Bonchev–Trinajstić information content (AvgIpc) is 2.88. The molecule has 1 aliphatic carbocycles.